The topological polar surface area (TPSA) is 26.0 Å². The predicted molar refractivity (Wildman–Crippen MR) is 52.0 cm³/mol. The average molecular weight is 322 g/mol. The Balaban J connectivity index is 3.12. The smallest absolute Gasteiger partial charge is 0.319 e. The summed E-state index contributed by atoms with van der Waals surface area (Å²) in [5.74, 6) is -6.08. The molecule has 0 unspecified atom stereocenters. The van der Waals surface area contributed by atoms with Crippen LogP contribution < -0.4 is 5.73 Å². The van der Waals surface area contributed by atoms with Crippen molar-refractivity contribution in [2.24, 2.45) is 5.73 Å². The van der Waals surface area contributed by atoms with Crippen LogP contribution in [0.3, 0.4) is 0 Å². The second-order valence-corrected chi connectivity index (χ2v) is 4.13. The van der Waals surface area contributed by atoms with E-state index in [4.69, 9.17) is 5.73 Å². The number of rotatable bonds is 2. The third-order valence-electron chi connectivity index (χ3n) is 2.07. The SMILES string of the molecule is N[C@H](c1ccc(Br)c(F)c1)C(F)(F)C(F)(F)F. The largest absolute Gasteiger partial charge is 0.455 e. The molecule has 0 aliphatic carbocycles. The minimum atomic E-state index is -5.78. The van der Waals surface area contributed by atoms with Crippen molar-refractivity contribution in [3.05, 3.63) is 34.1 Å². The molecule has 8 heteroatoms. The highest BCUT2D eigenvalue weighted by Crippen LogP contribution is 2.43. The number of benzene rings is 1. The summed E-state index contributed by atoms with van der Waals surface area (Å²) in [4.78, 5) is 0. The fourth-order valence-corrected chi connectivity index (χ4v) is 1.34. The van der Waals surface area contributed by atoms with Gasteiger partial charge in [0.05, 0.1) is 4.47 Å². The molecule has 96 valence electrons. The van der Waals surface area contributed by atoms with Crippen LogP contribution in [0.5, 0.6) is 0 Å². The summed E-state index contributed by atoms with van der Waals surface area (Å²) < 4.78 is 74.7. The first kappa shape index (κ1) is 14.3. The van der Waals surface area contributed by atoms with Crippen molar-refractivity contribution in [3.63, 3.8) is 0 Å². The lowest BCUT2D eigenvalue weighted by Crippen LogP contribution is -2.45. The van der Waals surface area contributed by atoms with E-state index in [9.17, 15) is 26.3 Å². The first-order chi connectivity index (χ1) is 7.57. The molecule has 1 atom stereocenters. The van der Waals surface area contributed by atoms with Gasteiger partial charge in [0, 0.05) is 0 Å². The lowest BCUT2D eigenvalue weighted by atomic mass is 10.0. The van der Waals surface area contributed by atoms with Gasteiger partial charge in [-0.2, -0.15) is 22.0 Å². The van der Waals surface area contributed by atoms with Crippen LogP contribution in [0.2, 0.25) is 0 Å². The molecular formula is C9H6BrF6N. The summed E-state index contributed by atoms with van der Waals surface area (Å²) in [5.41, 5.74) is 4.19. The fraction of sp³-hybridized carbons (Fsp3) is 0.333. The van der Waals surface area contributed by atoms with E-state index in [0.29, 0.717) is 6.07 Å². The standard InChI is InChI=1S/C9H6BrF6N/c10-5-2-1-4(3-6(5)11)7(17)8(12,13)9(14,15)16/h1-3,7H,17H2/t7-/m1/s1. The van der Waals surface area contributed by atoms with E-state index in [1.165, 1.54) is 0 Å². The van der Waals surface area contributed by atoms with Crippen LogP contribution >= 0.6 is 15.9 Å². The second-order valence-electron chi connectivity index (χ2n) is 3.27. The Morgan fingerprint density at radius 1 is 1.12 bits per heavy atom. The van der Waals surface area contributed by atoms with Gasteiger partial charge in [0.2, 0.25) is 0 Å². The molecule has 2 N–H and O–H groups in total. The molecule has 0 aliphatic heterocycles. The fourth-order valence-electron chi connectivity index (χ4n) is 1.09. The summed E-state index contributed by atoms with van der Waals surface area (Å²) >= 11 is 2.74. The lowest BCUT2D eigenvalue weighted by molar-refractivity contribution is -0.291. The summed E-state index contributed by atoms with van der Waals surface area (Å²) in [5, 5.41) is 0. The zero-order chi connectivity index (χ0) is 13.4. The molecule has 0 saturated heterocycles. The Hall–Kier alpha value is -0.760. The van der Waals surface area contributed by atoms with Crippen LogP contribution in [-0.2, 0) is 0 Å². The van der Waals surface area contributed by atoms with E-state index in [0.717, 1.165) is 12.1 Å². The highest BCUT2D eigenvalue weighted by Gasteiger charge is 2.61. The molecule has 0 aliphatic rings. The predicted octanol–water partition coefficient (Wildman–Crippen LogP) is 3.79. The third kappa shape index (κ3) is 2.74. The molecule has 1 aromatic rings. The maximum atomic E-state index is 13.0. The highest BCUT2D eigenvalue weighted by atomic mass is 79.9. The van der Waals surface area contributed by atoms with Gasteiger partial charge >= 0.3 is 12.1 Å². The molecule has 1 nitrogen and oxygen atoms in total. The Kier molecular flexibility index (Phi) is 3.78. The summed E-state index contributed by atoms with van der Waals surface area (Å²) in [6, 6.07) is -0.201. The third-order valence-corrected chi connectivity index (χ3v) is 2.71. The van der Waals surface area contributed by atoms with Crippen LogP contribution in [-0.4, -0.2) is 12.1 Å². The molecular weight excluding hydrogens is 316 g/mol. The molecule has 0 aromatic heterocycles. The number of hydrogen-bond donors (Lipinski definition) is 1. The summed E-state index contributed by atoms with van der Waals surface area (Å²) in [6.07, 6.45) is -5.78. The zero-order valence-corrected chi connectivity index (χ0v) is 9.62. The van der Waals surface area contributed by atoms with Crippen molar-refractivity contribution in [3.8, 4) is 0 Å². The monoisotopic (exact) mass is 321 g/mol. The maximum absolute atomic E-state index is 13.0. The van der Waals surface area contributed by atoms with E-state index in [2.05, 4.69) is 15.9 Å². The van der Waals surface area contributed by atoms with Crippen molar-refractivity contribution in [2.75, 3.05) is 0 Å². The van der Waals surface area contributed by atoms with E-state index >= 15 is 0 Å². The molecule has 0 fully saturated rings. The van der Waals surface area contributed by atoms with Crippen LogP contribution in [0.15, 0.2) is 22.7 Å². The van der Waals surface area contributed by atoms with Crippen LogP contribution in [0.4, 0.5) is 26.3 Å². The van der Waals surface area contributed by atoms with Crippen LogP contribution in [0.25, 0.3) is 0 Å². The number of hydrogen-bond acceptors (Lipinski definition) is 1. The van der Waals surface area contributed by atoms with Crippen molar-refractivity contribution < 1.29 is 26.3 Å². The van der Waals surface area contributed by atoms with E-state index in [1.54, 1.807) is 0 Å². The normalized spacial score (nSPS) is 14.8. The number of nitrogens with two attached hydrogens (primary N) is 1. The molecule has 17 heavy (non-hydrogen) atoms. The van der Waals surface area contributed by atoms with Crippen LogP contribution in [0, 0.1) is 5.82 Å². The van der Waals surface area contributed by atoms with Crippen molar-refractivity contribution in [2.45, 2.75) is 18.1 Å². The minimum absolute atomic E-state index is 0.0521. The Bertz CT molecular complexity index is 416. The van der Waals surface area contributed by atoms with Crippen LogP contribution in [0.1, 0.15) is 11.6 Å². The zero-order valence-electron chi connectivity index (χ0n) is 8.03. The van der Waals surface area contributed by atoms with Crippen molar-refractivity contribution in [1.29, 1.82) is 0 Å². The molecule has 0 spiro atoms. The van der Waals surface area contributed by atoms with Crippen molar-refractivity contribution in [1.82, 2.24) is 0 Å². The van der Waals surface area contributed by atoms with Gasteiger partial charge in [-0.1, -0.05) is 6.07 Å². The lowest BCUT2D eigenvalue weighted by Gasteiger charge is -2.26. The molecule has 1 aromatic carbocycles. The summed E-state index contributed by atoms with van der Waals surface area (Å²) in [7, 11) is 0. The van der Waals surface area contributed by atoms with Gasteiger partial charge < -0.3 is 5.73 Å². The summed E-state index contributed by atoms with van der Waals surface area (Å²) in [6.45, 7) is 0. The quantitative estimate of drug-likeness (QED) is 0.824. The van der Waals surface area contributed by atoms with Gasteiger partial charge in [-0.3, -0.25) is 0 Å². The highest BCUT2D eigenvalue weighted by molar-refractivity contribution is 9.10. The molecule has 0 bridgehead atoms. The second kappa shape index (κ2) is 4.49. The average Bonchev–Trinajstić information content (AvgIpc) is 2.19. The first-order valence-electron chi connectivity index (χ1n) is 4.22. The molecule has 0 saturated carbocycles. The van der Waals surface area contributed by atoms with Gasteiger partial charge in [0.25, 0.3) is 0 Å². The van der Waals surface area contributed by atoms with E-state index in [1.807, 2.05) is 0 Å². The maximum Gasteiger partial charge on any atom is 0.455 e. The van der Waals surface area contributed by atoms with Gasteiger partial charge in [-0.15, -0.1) is 0 Å². The molecule has 0 amide bonds. The van der Waals surface area contributed by atoms with Crippen molar-refractivity contribution >= 4 is 15.9 Å². The Labute approximate surface area is 101 Å². The molecule has 1 rings (SSSR count). The Morgan fingerprint density at radius 3 is 2.06 bits per heavy atom. The van der Waals surface area contributed by atoms with Gasteiger partial charge in [0.15, 0.2) is 0 Å². The van der Waals surface area contributed by atoms with Gasteiger partial charge in [-0.05, 0) is 33.6 Å². The molecule has 0 heterocycles. The number of halogens is 7. The van der Waals surface area contributed by atoms with E-state index in [-0.39, 0.29) is 4.47 Å². The number of alkyl halides is 5. The minimum Gasteiger partial charge on any atom is -0.319 e. The van der Waals surface area contributed by atoms with Gasteiger partial charge in [-0.25, -0.2) is 4.39 Å². The Morgan fingerprint density at radius 2 is 1.65 bits per heavy atom. The van der Waals surface area contributed by atoms with E-state index < -0.39 is 29.5 Å². The molecule has 0 radical (unpaired) electrons. The first-order valence-corrected chi connectivity index (χ1v) is 5.01. The van der Waals surface area contributed by atoms with Gasteiger partial charge in [0.1, 0.15) is 11.9 Å².